The first-order chi connectivity index (χ1) is 8.16. The zero-order valence-electron chi connectivity index (χ0n) is 11.1. The first-order valence-corrected chi connectivity index (χ1v) is 7.21. The van der Waals surface area contributed by atoms with E-state index in [9.17, 15) is 0 Å². The predicted molar refractivity (Wildman–Crippen MR) is 67.7 cm³/mol. The molecule has 1 aliphatic heterocycles. The highest BCUT2D eigenvalue weighted by atomic mass is 16.7. The molecule has 2 fully saturated rings. The molecule has 1 saturated carbocycles. The monoisotopic (exact) mass is 236 g/mol. The van der Waals surface area contributed by atoms with Gasteiger partial charge >= 0.3 is 0 Å². The summed E-state index contributed by atoms with van der Waals surface area (Å²) in [4.78, 5) is 0. The van der Waals surface area contributed by atoms with Gasteiger partial charge in [0.15, 0.2) is 5.79 Å². The highest BCUT2D eigenvalue weighted by Gasteiger charge is 2.45. The zero-order valence-corrected chi connectivity index (χ0v) is 11.1. The fraction of sp³-hybridized carbons (Fsp3) is 0.867. The molecule has 96 valence electrons. The Kier molecular flexibility index (Phi) is 3.04. The Labute approximate surface area is 104 Å². The summed E-state index contributed by atoms with van der Waals surface area (Å²) in [6.07, 6.45) is 12.2. The molecule has 0 amide bonds. The van der Waals surface area contributed by atoms with Crippen molar-refractivity contribution >= 4 is 0 Å². The van der Waals surface area contributed by atoms with Gasteiger partial charge in [0.1, 0.15) is 6.10 Å². The molecular formula is C15H24O2. The average Bonchev–Trinajstić information content (AvgIpc) is 2.63. The van der Waals surface area contributed by atoms with Gasteiger partial charge in [-0.15, -0.1) is 0 Å². The zero-order chi connectivity index (χ0) is 11.9. The van der Waals surface area contributed by atoms with Crippen LogP contribution in [-0.2, 0) is 9.47 Å². The molecule has 0 bridgehead atoms. The molecule has 17 heavy (non-hydrogen) atoms. The van der Waals surface area contributed by atoms with Gasteiger partial charge in [-0.2, -0.15) is 0 Å². The maximum atomic E-state index is 6.13. The summed E-state index contributed by atoms with van der Waals surface area (Å²) >= 11 is 0. The lowest BCUT2D eigenvalue weighted by Gasteiger charge is -2.32. The van der Waals surface area contributed by atoms with Crippen molar-refractivity contribution in [1.29, 1.82) is 0 Å². The Morgan fingerprint density at radius 2 is 1.82 bits per heavy atom. The smallest absolute Gasteiger partial charge is 0.164 e. The molecular weight excluding hydrogens is 212 g/mol. The summed E-state index contributed by atoms with van der Waals surface area (Å²) in [7, 11) is 0. The summed E-state index contributed by atoms with van der Waals surface area (Å²) in [6, 6.07) is 0. The molecule has 0 aromatic heterocycles. The van der Waals surface area contributed by atoms with E-state index >= 15 is 0 Å². The highest BCUT2D eigenvalue weighted by molar-refractivity contribution is 5.20. The van der Waals surface area contributed by atoms with Crippen molar-refractivity contribution in [2.24, 2.45) is 5.92 Å². The van der Waals surface area contributed by atoms with Crippen LogP contribution in [0, 0.1) is 5.92 Å². The molecule has 3 aliphatic rings. The quantitative estimate of drug-likeness (QED) is 0.645. The van der Waals surface area contributed by atoms with Crippen molar-refractivity contribution in [3.8, 4) is 0 Å². The normalized spacial score (nSPS) is 37.6. The Hall–Kier alpha value is -0.340. The van der Waals surface area contributed by atoms with E-state index in [1.54, 1.807) is 5.57 Å². The van der Waals surface area contributed by atoms with Crippen LogP contribution in [0.4, 0.5) is 0 Å². The minimum Gasteiger partial charge on any atom is -0.344 e. The second-order valence-corrected chi connectivity index (χ2v) is 6.21. The van der Waals surface area contributed by atoms with Crippen LogP contribution in [0.5, 0.6) is 0 Å². The van der Waals surface area contributed by atoms with Crippen LogP contribution in [0.3, 0.4) is 0 Å². The maximum absolute atomic E-state index is 6.13. The van der Waals surface area contributed by atoms with E-state index in [0.29, 0.717) is 6.10 Å². The maximum Gasteiger partial charge on any atom is 0.164 e. The molecule has 0 aromatic rings. The Bertz CT molecular complexity index is 313. The lowest BCUT2D eigenvalue weighted by atomic mass is 9.77. The van der Waals surface area contributed by atoms with E-state index in [1.807, 2.05) is 13.8 Å². The standard InChI is InChI=1S/C15H24O2/c1-15(2)16-13-10-6-9-12(14(13)17-15)11-7-4-3-5-8-11/h9,11,13-14H,3-8,10H2,1-2H3/t13-,14+/m0/s1. The average molecular weight is 236 g/mol. The number of ether oxygens (including phenoxy) is 2. The highest BCUT2D eigenvalue weighted by Crippen LogP contribution is 2.42. The molecule has 0 spiro atoms. The second-order valence-electron chi connectivity index (χ2n) is 6.21. The van der Waals surface area contributed by atoms with Gasteiger partial charge in [0, 0.05) is 0 Å². The number of hydrogen-bond acceptors (Lipinski definition) is 2. The van der Waals surface area contributed by atoms with Crippen molar-refractivity contribution < 1.29 is 9.47 Å². The van der Waals surface area contributed by atoms with Gasteiger partial charge in [-0.25, -0.2) is 0 Å². The first-order valence-electron chi connectivity index (χ1n) is 7.21. The minimum atomic E-state index is -0.382. The lowest BCUT2D eigenvalue weighted by Crippen LogP contribution is -2.32. The molecule has 0 N–H and O–H groups in total. The largest absolute Gasteiger partial charge is 0.344 e. The number of hydrogen-bond donors (Lipinski definition) is 0. The Morgan fingerprint density at radius 1 is 1.06 bits per heavy atom. The third-order valence-electron chi connectivity index (χ3n) is 4.42. The van der Waals surface area contributed by atoms with Gasteiger partial charge in [-0.1, -0.05) is 25.3 Å². The first kappa shape index (κ1) is 11.7. The van der Waals surface area contributed by atoms with Crippen LogP contribution < -0.4 is 0 Å². The van der Waals surface area contributed by atoms with Gasteiger partial charge < -0.3 is 9.47 Å². The summed E-state index contributed by atoms with van der Waals surface area (Å²) < 4.78 is 12.1. The molecule has 3 rings (SSSR count). The molecule has 1 heterocycles. The summed E-state index contributed by atoms with van der Waals surface area (Å²) in [5.41, 5.74) is 1.56. The lowest BCUT2D eigenvalue weighted by molar-refractivity contribution is -0.144. The second kappa shape index (κ2) is 4.40. The minimum absolute atomic E-state index is 0.252. The van der Waals surface area contributed by atoms with E-state index in [4.69, 9.17) is 9.47 Å². The van der Waals surface area contributed by atoms with Crippen molar-refractivity contribution in [3.63, 3.8) is 0 Å². The van der Waals surface area contributed by atoms with Gasteiger partial charge in [-0.05, 0) is 51.0 Å². The van der Waals surface area contributed by atoms with Gasteiger partial charge in [-0.3, -0.25) is 0 Å². The molecule has 0 radical (unpaired) electrons. The third-order valence-corrected chi connectivity index (χ3v) is 4.42. The topological polar surface area (TPSA) is 18.5 Å². The van der Waals surface area contributed by atoms with Crippen LogP contribution in [0.2, 0.25) is 0 Å². The summed E-state index contributed by atoms with van der Waals surface area (Å²) in [5, 5.41) is 0. The summed E-state index contributed by atoms with van der Waals surface area (Å²) in [5.74, 6) is 0.391. The third kappa shape index (κ3) is 2.30. The molecule has 1 saturated heterocycles. The number of rotatable bonds is 1. The van der Waals surface area contributed by atoms with Crippen LogP contribution in [0.15, 0.2) is 11.6 Å². The van der Waals surface area contributed by atoms with E-state index in [2.05, 4.69) is 6.08 Å². The Morgan fingerprint density at radius 3 is 2.59 bits per heavy atom. The number of allylic oxidation sites excluding steroid dienone is 1. The molecule has 2 nitrogen and oxygen atoms in total. The number of fused-ring (bicyclic) bond motifs is 1. The predicted octanol–water partition coefficient (Wildman–Crippen LogP) is 3.81. The van der Waals surface area contributed by atoms with E-state index in [0.717, 1.165) is 12.3 Å². The summed E-state index contributed by atoms with van der Waals surface area (Å²) in [6.45, 7) is 4.09. The van der Waals surface area contributed by atoms with Crippen LogP contribution >= 0.6 is 0 Å². The van der Waals surface area contributed by atoms with E-state index < -0.39 is 0 Å². The van der Waals surface area contributed by atoms with Crippen LogP contribution in [0.25, 0.3) is 0 Å². The van der Waals surface area contributed by atoms with Crippen molar-refractivity contribution in [2.45, 2.75) is 76.8 Å². The van der Waals surface area contributed by atoms with Crippen molar-refractivity contribution in [2.75, 3.05) is 0 Å². The molecule has 2 atom stereocenters. The molecule has 2 heteroatoms. The van der Waals surface area contributed by atoms with Crippen LogP contribution in [0.1, 0.15) is 58.8 Å². The SMILES string of the molecule is CC1(C)O[C@H]2CCC=C(C3CCCCC3)[C@H]2O1. The van der Waals surface area contributed by atoms with Gasteiger partial charge in [0.05, 0.1) is 6.10 Å². The van der Waals surface area contributed by atoms with E-state index in [-0.39, 0.29) is 11.9 Å². The van der Waals surface area contributed by atoms with Gasteiger partial charge in [0.2, 0.25) is 0 Å². The van der Waals surface area contributed by atoms with Crippen molar-refractivity contribution in [3.05, 3.63) is 11.6 Å². The fourth-order valence-electron chi connectivity index (χ4n) is 3.69. The molecule has 0 aromatic carbocycles. The van der Waals surface area contributed by atoms with Crippen molar-refractivity contribution in [1.82, 2.24) is 0 Å². The molecule has 2 aliphatic carbocycles. The molecule has 0 unspecified atom stereocenters. The van der Waals surface area contributed by atoms with E-state index in [1.165, 1.54) is 38.5 Å². The van der Waals surface area contributed by atoms with Gasteiger partial charge in [0.25, 0.3) is 0 Å². The Balaban J connectivity index is 1.77. The fourth-order valence-corrected chi connectivity index (χ4v) is 3.69. The van der Waals surface area contributed by atoms with Crippen LogP contribution in [-0.4, -0.2) is 18.0 Å².